The van der Waals surface area contributed by atoms with E-state index in [0.29, 0.717) is 16.0 Å². The van der Waals surface area contributed by atoms with Gasteiger partial charge in [-0.15, -0.1) is 0 Å². The van der Waals surface area contributed by atoms with E-state index in [1.54, 1.807) is 0 Å². The smallest absolute Gasteiger partial charge is 0.0721 e. The lowest BCUT2D eigenvalue weighted by Gasteiger charge is -2.07. The van der Waals surface area contributed by atoms with Crippen LogP contribution < -0.4 is 0 Å². The van der Waals surface area contributed by atoms with Crippen molar-refractivity contribution >= 4 is 34.1 Å². The summed E-state index contributed by atoms with van der Waals surface area (Å²) < 4.78 is 0. The van der Waals surface area contributed by atoms with Crippen LogP contribution in [0.15, 0.2) is 24.3 Å². The molecule has 2 rings (SSSR count). The molecule has 0 aliphatic rings. The molecule has 0 N–H and O–H groups in total. The van der Waals surface area contributed by atoms with Crippen LogP contribution in [0.4, 0.5) is 0 Å². The van der Waals surface area contributed by atoms with Crippen molar-refractivity contribution in [2.45, 2.75) is 19.8 Å². The summed E-state index contributed by atoms with van der Waals surface area (Å²) in [4.78, 5) is 4.53. The van der Waals surface area contributed by atoms with E-state index < -0.39 is 0 Å². The zero-order chi connectivity index (χ0) is 11.0. The molecule has 0 unspecified atom stereocenters. The number of benzene rings is 1. The number of hydrogen-bond acceptors (Lipinski definition) is 1. The van der Waals surface area contributed by atoms with Crippen LogP contribution in [0, 0.1) is 0 Å². The molecule has 1 heterocycles. The Balaban J connectivity index is 2.73. The Labute approximate surface area is 99.0 Å². The number of nitrogens with zero attached hydrogens (tertiary/aromatic N) is 1. The number of pyridine rings is 1. The van der Waals surface area contributed by atoms with Gasteiger partial charge in [0.15, 0.2) is 0 Å². The Hall–Kier alpha value is -0.790. The van der Waals surface area contributed by atoms with Crippen molar-refractivity contribution in [3.8, 4) is 0 Å². The van der Waals surface area contributed by atoms with Crippen LogP contribution in [0.2, 0.25) is 10.0 Å². The predicted molar refractivity (Wildman–Crippen MR) is 65.9 cm³/mol. The van der Waals surface area contributed by atoms with Gasteiger partial charge in [0.1, 0.15) is 0 Å². The molecule has 1 nitrogen and oxygen atoms in total. The molecule has 0 spiro atoms. The molecule has 0 saturated heterocycles. The van der Waals surface area contributed by atoms with E-state index >= 15 is 0 Å². The van der Waals surface area contributed by atoms with Gasteiger partial charge in [-0.1, -0.05) is 37.0 Å². The van der Waals surface area contributed by atoms with E-state index in [0.717, 1.165) is 16.6 Å². The van der Waals surface area contributed by atoms with Gasteiger partial charge in [-0.25, -0.2) is 0 Å². The van der Waals surface area contributed by atoms with Crippen LogP contribution in [0.1, 0.15) is 25.5 Å². The van der Waals surface area contributed by atoms with Crippen molar-refractivity contribution in [2.75, 3.05) is 0 Å². The van der Waals surface area contributed by atoms with E-state index in [2.05, 4.69) is 18.8 Å². The molecular formula is C12H11Cl2N. The number of rotatable bonds is 1. The maximum atomic E-state index is 6.18. The number of fused-ring (bicyclic) bond motifs is 1. The SMILES string of the molecule is CC(C)c1cc(Cl)c2cc(Cl)ccc2n1. The van der Waals surface area contributed by atoms with E-state index in [4.69, 9.17) is 23.2 Å². The second-order valence-corrected chi connectivity index (χ2v) is 4.69. The van der Waals surface area contributed by atoms with Gasteiger partial charge in [0.25, 0.3) is 0 Å². The number of aromatic nitrogens is 1. The van der Waals surface area contributed by atoms with Crippen LogP contribution in [0.3, 0.4) is 0 Å². The standard InChI is InChI=1S/C12H11Cl2N/c1-7(2)12-6-10(14)9-5-8(13)3-4-11(9)15-12/h3-7H,1-2H3. The molecular weight excluding hydrogens is 229 g/mol. The van der Waals surface area contributed by atoms with Crippen molar-refractivity contribution < 1.29 is 0 Å². The molecule has 2 aromatic rings. The van der Waals surface area contributed by atoms with Gasteiger partial charge in [-0.3, -0.25) is 4.98 Å². The summed E-state index contributed by atoms with van der Waals surface area (Å²) in [5.74, 6) is 0.377. The summed E-state index contributed by atoms with van der Waals surface area (Å²) in [5.41, 5.74) is 1.91. The average molecular weight is 240 g/mol. The maximum absolute atomic E-state index is 6.18. The van der Waals surface area contributed by atoms with Crippen molar-refractivity contribution in [1.29, 1.82) is 0 Å². The van der Waals surface area contributed by atoms with Crippen LogP contribution >= 0.6 is 23.2 Å². The highest BCUT2D eigenvalue weighted by Gasteiger charge is 2.07. The summed E-state index contributed by atoms with van der Waals surface area (Å²) in [7, 11) is 0. The third-order valence-electron chi connectivity index (χ3n) is 2.33. The fourth-order valence-electron chi connectivity index (χ4n) is 1.47. The zero-order valence-corrected chi connectivity index (χ0v) is 10.1. The Bertz CT molecular complexity index is 506. The molecule has 0 aliphatic carbocycles. The van der Waals surface area contributed by atoms with E-state index in [9.17, 15) is 0 Å². The first kappa shape index (κ1) is 10.7. The fraction of sp³-hybridized carbons (Fsp3) is 0.250. The molecule has 0 amide bonds. The van der Waals surface area contributed by atoms with Gasteiger partial charge in [-0.05, 0) is 30.2 Å². The van der Waals surface area contributed by atoms with Crippen molar-refractivity contribution in [3.05, 3.63) is 40.0 Å². The van der Waals surface area contributed by atoms with Gasteiger partial charge in [-0.2, -0.15) is 0 Å². The average Bonchev–Trinajstić information content (AvgIpc) is 2.18. The first-order chi connectivity index (χ1) is 7.08. The second-order valence-electron chi connectivity index (χ2n) is 3.85. The molecule has 0 saturated carbocycles. The lowest BCUT2D eigenvalue weighted by atomic mass is 10.1. The summed E-state index contributed by atoms with van der Waals surface area (Å²) in [5, 5.41) is 2.31. The Morgan fingerprint density at radius 2 is 1.87 bits per heavy atom. The van der Waals surface area contributed by atoms with Gasteiger partial charge in [0.2, 0.25) is 0 Å². The molecule has 0 fully saturated rings. The topological polar surface area (TPSA) is 12.9 Å². The van der Waals surface area contributed by atoms with Crippen LogP contribution in [0.25, 0.3) is 10.9 Å². The lowest BCUT2D eigenvalue weighted by Crippen LogP contribution is -1.93. The third kappa shape index (κ3) is 2.09. The van der Waals surface area contributed by atoms with Gasteiger partial charge in [0.05, 0.1) is 10.5 Å². The zero-order valence-electron chi connectivity index (χ0n) is 8.59. The molecule has 1 aromatic heterocycles. The highest BCUT2D eigenvalue weighted by Crippen LogP contribution is 2.28. The molecule has 0 aliphatic heterocycles. The fourth-order valence-corrected chi connectivity index (χ4v) is 1.91. The summed E-state index contributed by atoms with van der Waals surface area (Å²) >= 11 is 12.1. The summed E-state index contributed by atoms with van der Waals surface area (Å²) in [6, 6.07) is 7.48. The quantitative estimate of drug-likeness (QED) is 0.706. The minimum absolute atomic E-state index is 0.377. The van der Waals surface area contributed by atoms with Gasteiger partial charge < -0.3 is 0 Å². The molecule has 0 bridgehead atoms. The maximum Gasteiger partial charge on any atom is 0.0721 e. The summed E-state index contributed by atoms with van der Waals surface area (Å²) in [6.45, 7) is 4.20. The molecule has 15 heavy (non-hydrogen) atoms. The molecule has 1 aromatic carbocycles. The van der Waals surface area contributed by atoms with Crippen LogP contribution in [-0.2, 0) is 0 Å². The molecule has 0 radical (unpaired) electrons. The Kier molecular flexibility index (Phi) is 2.85. The van der Waals surface area contributed by atoms with Crippen LogP contribution in [-0.4, -0.2) is 4.98 Å². The van der Waals surface area contributed by atoms with Crippen molar-refractivity contribution in [3.63, 3.8) is 0 Å². The van der Waals surface area contributed by atoms with E-state index in [1.807, 2.05) is 24.3 Å². The minimum Gasteiger partial charge on any atom is -0.252 e. The Morgan fingerprint density at radius 1 is 1.13 bits per heavy atom. The number of halogens is 2. The normalized spacial score (nSPS) is 11.3. The third-order valence-corrected chi connectivity index (χ3v) is 2.88. The van der Waals surface area contributed by atoms with E-state index in [-0.39, 0.29) is 0 Å². The van der Waals surface area contributed by atoms with Crippen molar-refractivity contribution in [1.82, 2.24) is 4.98 Å². The molecule has 3 heteroatoms. The highest BCUT2D eigenvalue weighted by molar-refractivity contribution is 6.36. The Morgan fingerprint density at radius 3 is 2.53 bits per heavy atom. The predicted octanol–water partition coefficient (Wildman–Crippen LogP) is 4.67. The minimum atomic E-state index is 0.377. The van der Waals surface area contributed by atoms with Gasteiger partial charge >= 0.3 is 0 Å². The number of hydrogen-bond donors (Lipinski definition) is 0. The van der Waals surface area contributed by atoms with Crippen molar-refractivity contribution in [2.24, 2.45) is 0 Å². The highest BCUT2D eigenvalue weighted by atomic mass is 35.5. The van der Waals surface area contributed by atoms with E-state index in [1.165, 1.54) is 0 Å². The largest absolute Gasteiger partial charge is 0.252 e. The lowest BCUT2D eigenvalue weighted by molar-refractivity contribution is 0.830. The van der Waals surface area contributed by atoms with Gasteiger partial charge in [0, 0.05) is 16.1 Å². The monoisotopic (exact) mass is 239 g/mol. The van der Waals surface area contributed by atoms with Crippen LogP contribution in [0.5, 0.6) is 0 Å². The summed E-state index contributed by atoms with van der Waals surface area (Å²) in [6.07, 6.45) is 0. The molecule has 78 valence electrons. The molecule has 0 atom stereocenters. The second kappa shape index (κ2) is 3.99. The first-order valence-corrected chi connectivity index (χ1v) is 5.59. The first-order valence-electron chi connectivity index (χ1n) is 4.83.